The molecule has 0 bridgehead atoms. The first-order valence-electron chi connectivity index (χ1n) is 7.67. The van der Waals surface area contributed by atoms with Gasteiger partial charge in [0.05, 0.1) is 12.4 Å². The van der Waals surface area contributed by atoms with E-state index >= 15 is 0 Å². The highest BCUT2D eigenvalue weighted by molar-refractivity contribution is 6.38. The number of nitrogens with one attached hydrogen (secondary N) is 1. The molecule has 0 saturated heterocycles. The molecular weight excluding hydrogens is 342 g/mol. The topological polar surface area (TPSA) is 71.2 Å². The van der Waals surface area contributed by atoms with Crippen LogP contribution in [0.1, 0.15) is 0 Å². The molecule has 0 spiro atoms. The van der Waals surface area contributed by atoms with Crippen LogP contribution in [0, 0.1) is 0 Å². The van der Waals surface area contributed by atoms with Crippen molar-refractivity contribution in [2.45, 2.75) is 6.61 Å². The molecule has 2 aromatic rings. The highest BCUT2D eigenvalue weighted by Crippen LogP contribution is 2.30. The zero-order valence-electron chi connectivity index (χ0n) is 13.3. The molecule has 7 nitrogen and oxygen atoms in total. The van der Waals surface area contributed by atoms with E-state index < -0.39 is 6.61 Å². The van der Waals surface area contributed by atoms with Crippen molar-refractivity contribution < 1.29 is 13.5 Å². The molecule has 1 unspecified atom stereocenters. The summed E-state index contributed by atoms with van der Waals surface area (Å²) >= 11 is 0. The average molecular weight is 355 g/mol. The fourth-order valence-electron chi connectivity index (χ4n) is 2.61. The number of pyridine rings is 1. The van der Waals surface area contributed by atoms with E-state index in [9.17, 15) is 8.78 Å². The lowest BCUT2D eigenvalue weighted by Gasteiger charge is -2.23. The number of aromatic nitrogens is 1. The third kappa shape index (κ3) is 2.95. The number of quaternary nitrogens is 1. The van der Waals surface area contributed by atoms with Crippen LogP contribution in [0.25, 0.3) is 0 Å². The smallest absolute Gasteiger partial charge is 0.387 e. The minimum Gasteiger partial charge on any atom is -0.435 e. The maximum absolute atomic E-state index is 12.2. The van der Waals surface area contributed by atoms with Crippen molar-refractivity contribution >= 4 is 29.4 Å². The van der Waals surface area contributed by atoms with Crippen molar-refractivity contribution in [3.8, 4) is 5.75 Å². The van der Waals surface area contributed by atoms with E-state index in [0.29, 0.717) is 17.5 Å². The minimum absolute atomic E-state index is 0.0201. The summed E-state index contributed by atoms with van der Waals surface area (Å²) < 4.78 is 28.8. The molecule has 0 aliphatic carbocycles. The molecule has 1 aromatic heterocycles. The second-order valence-corrected chi connectivity index (χ2v) is 5.39. The van der Waals surface area contributed by atoms with E-state index in [1.54, 1.807) is 43.1 Å². The number of ether oxygens (including phenoxy) is 1. The highest BCUT2D eigenvalue weighted by Gasteiger charge is 2.42. The zero-order valence-corrected chi connectivity index (χ0v) is 13.3. The number of nitrogens with zero attached hydrogens (tertiary/aromatic N) is 5. The van der Waals surface area contributed by atoms with Crippen LogP contribution in [-0.2, 0) is 0 Å². The van der Waals surface area contributed by atoms with Gasteiger partial charge in [-0.1, -0.05) is 4.59 Å². The normalized spacial score (nSPS) is 20.6. The fourth-order valence-corrected chi connectivity index (χ4v) is 2.61. The first-order valence-corrected chi connectivity index (χ1v) is 7.67. The predicted molar refractivity (Wildman–Crippen MR) is 95.2 cm³/mol. The molecule has 0 fully saturated rings. The van der Waals surface area contributed by atoms with Gasteiger partial charge in [0.1, 0.15) is 12.0 Å². The number of aliphatic imine (C=N–C) groups is 2. The molecule has 2 aliphatic rings. The Kier molecular flexibility index (Phi) is 3.98. The van der Waals surface area contributed by atoms with Crippen LogP contribution < -0.4 is 14.6 Å². The maximum Gasteiger partial charge on any atom is 0.387 e. The van der Waals surface area contributed by atoms with Crippen LogP contribution in [0.4, 0.5) is 20.2 Å². The van der Waals surface area contributed by atoms with Gasteiger partial charge >= 0.3 is 6.61 Å². The van der Waals surface area contributed by atoms with E-state index in [0.717, 1.165) is 5.69 Å². The van der Waals surface area contributed by atoms with Gasteiger partial charge in [-0.05, 0) is 35.4 Å². The van der Waals surface area contributed by atoms with Gasteiger partial charge in [-0.25, -0.2) is 0 Å². The van der Waals surface area contributed by atoms with Crippen molar-refractivity contribution in [3.63, 3.8) is 0 Å². The summed E-state index contributed by atoms with van der Waals surface area (Å²) in [7, 11) is 0. The van der Waals surface area contributed by atoms with Gasteiger partial charge in [0.2, 0.25) is 0 Å². The standard InChI is InChI=1S/C17H13F2N6O/c18-16(19)26-14-5-3-12(4-6-14)22-17-23-15-11-21-8-9-25(15,24-17)13-2-1-7-20-10-13/h1-11,16H,(H,22,24)/q+1. The third-order valence-electron chi connectivity index (χ3n) is 3.76. The lowest BCUT2D eigenvalue weighted by Crippen LogP contribution is -2.44. The van der Waals surface area contributed by atoms with Gasteiger partial charge in [0.25, 0.3) is 11.8 Å². The quantitative estimate of drug-likeness (QED) is 0.855. The van der Waals surface area contributed by atoms with Gasteiger partial charge in [-0.15, -0.1) is 0 Å². The van der Waals surface area contributed by atoms with Crippen molar-refractivity contribution in [2.24, 2.45) is 15.1 Å². The Morgan fingerprint density at radius 1 is 1.12 bits per heavy atom. The van der Waals surface area contributed by atoms with E-state index in [2.05, 4.69) is 30.1 Å². The number of benzene rings is 1. The number of fused-ring (bicyclic) bond motifs is 1. The van der Waals surface area contributed by atoms with Gasteiger partial charge in [0.15, 0.2) is 11.9 Å². The summed E-state index contributed by atoms with van der Waals surface area (Å²) in [6, 6.07) is 9.82. The molecule has 1 aromatic carbocycles. The lowest BCUT2D eigenvalue weighted by atomic mass is 10.3. The molecule has 1 atom stereocenters. The van der Waals surface area contributed by atoms with Crippen LogP contribution in [-0.4, -0.2) is 29.6 Å². The third-order valence-corrected chi connectivity index (χ3v) is 3.76. The molecule has 26 heavy (non-hydrogen) atoms. The van der Waals surface area contributed by atoms with Crippen molar-refractivity contribution in [3.05, 3.63) is 61.2 Å². The molecule has 1 N–H and O–H groups in total. The summed E-state index contributed by atoms with van der Waals surface area (Å²) in [5.74, 6) is 1.06. The minimum atomic E-state index is -2.86. The summed E-state index contributed by atoms with van der Waals surface area (Å²) in [6.45, 7) is -2.86. The lowest BCUT2D eigenvalue weighted by molar-refractivity contribution is -0.0498. The summed E-state index contributed by atoms with van der Waals surface area (Å²) in [4.78, 5) is 12.7. The first-order chi connectivity index (χ1) is 12.7. The number of rotatable bonds is 4. The Hall–Kier alpha value is -3.46. The Morgan fingerprint density at radius 2 is 1.96 bits per heavy atom. The van der Waals surface area contributed by atoms with Crippen molar-refractivity contribution in [1.29, 1.82) is 0 Å². The van der Waals surface area contributed by atoms with E-state index in [4.69, 9.17) is 0 Å². The van der Waals surface area contributed by atoms with Gasteiger partial charge in [0, 0.05) is 18.0 Å². The zero-order chi connectivity index (χ0) is 18.0. The van der Waals surface area contributed by atoms with E-state index in [1.165, 1.54) is 12.1 Å². The molecule has 130 valence electrons. The molecular formula is C17H13F2N6O+. The Labute approximate surface area is 147 Å². The predicted octanol–water partition coefficient (Wildman–Crippen LogP) is 3.34. The largest absolute Gasteiger partial charge is 0.435 e. The van der Waals surface area contributed by atoms with Crippen molar-refractivity contribution in [1.82, 2.24) is 9.58 Å². The van der Waals surface area contributed by atoms with Crippen LogP contribution >= 0.6 is 0 Å². The van der Waals surface area contributed by atoms with Crippen LogP contribution in [0.2, 0.25) is 0 Å². The van der Waals surface area contributed by atoms with Crippen LogP contribution in [0.3, 0.4) is 0 Å². The number of hydrogen-bond donors (Lipinski definition) is 1. The Bertz CT molecular complexity index is 924. The fraction of sp³-hybridized carbons (Fsp3) is 0.0588. The van der Waals surface area contributed by atoms with Gasteiger partial charge < -0.3 is 10.1 Å². The molecule has 0 amide bonds. The van der Waals surface area contributed by atoms with Crippen LogP contribution in [0.5, 0.6) is 5.75 Å². The average Bonchev–Trinajstić information content (AvgIpc) is 3.03. The summed E-state index contributed by atoms with van der Waals surface area (Å²) in [5.41, 5.74) is 1.45. The van der Waals surface area contributed by atoms with E-state index in [-0.39, 0.29) is 10.3 Å². The number of anilines is 1. The second kappa shape index (κ2) is 6.45. The van der Waals surface area contributed by atoms with E-state index in [1.807, 2.05) is 12.1 Å². The first kappa shape index (κ1) is 16.0. The number of halogens is 2. The molecule has 9 heteroatoms. The number of hydrogen-bond acceptors (Lipinski definition) is 6. The summed E-state index contributed by atoms with van der Waals surface area (Å²) in [5, 5.41) is 7.71. The molecule has 3 heterocycles. The molecule has 2 aliphatic heterocycles. The van der Waals surface area contributed by atoms with Crippen molar-refractivity contribution in [2.75, 3.05) is 5.32 Å². The number of alkyl halides is 2. The summed E-state index contributed by atoms with van der Waals surface area (Å²) in [6.07, 6.45) is 8.47. The number of guanidine groups is 1. The molecule has 4 rings (SSSR count). The Balaban J connectivity index is 1.61. The van der Waals surface area contributed by atoms with Gasteiger partial charge in [-0.2, -0.15) is 13.8 Å². The number of amidine groups is 1. The highest BCUT2D eigenvalue weighted by atomic mass is 19.3. The van der Waals surface area contributed by atoms with Crippen LogP contribution in [0.15, 0.2) is 76.3 Å². The van der Waals surface area contributed by atoms with Gasteiger partial charge in [-0.3, -0.25) is 9.98 Å². The monoisotopic (exact) mass is 355 g/mol. The SMILES string of the molecule is FC(F)Oc1ccc(NC2=N[N+]3(c4cccnc4)C=CN=CC3=N2)cc1. The molecule has 0 radical (unpaired) electrons. The maximum atomic E-state index is 12.2. The Morgan fingerprint density at radius 3 is 2.69 bits per heavy atom. The molecule has 0 saturated carbocycles. The second-order valence-electron chi connectivity index (χ2n) is 5.39.